The average Bonchev–Trinajstić information content (AvgIpc) is 2.54. The lowest BCUT2D eigenvalue weighted by atomic mass is 10.2. The van der Waals surface area contributed by atoms with E-state index in [1.165, 1.54) is 30.3 Å². The summed E-state index contributed by atoms with van der Waals surface area (Å²) in [6, 6.07) is 12.6. The van der Waals surface area contributed by atoms with Gasteiger partial charge in [0.15, 0.2) is 5.11 Å². The number of hydrogen-bond donors (Lipinski definition) is 3. The highest BCUT2D eigenvalue weighted by Gasteiger charge is 2.07. The third kappa shape index (κ3) is 6.28. The first kappa shape index (κ1) is 19.1. The summed E-state index contributed by atoms with van der Waals surface area (Å²) in [5.41, 5.74) is 1.33. The molecule has 0 bridgehead atoms. The fraction of sp³-hybridized carbons (Fsp3) is 0. The Morgan fingerprint density at radius 3 is 2.24 bits per heavy atom. The molecule has 0 aliphatic heterocycles. The predicted octanol–water partition coefficient (Wildman–Crippen LogP) is 2.51. The van der Waals surface area contributed by atoms with Gasteiger partial charge in [0.1, 0.15) is 0 Å². The lowest BCUT2D eigenvalue weighted by molar-refractivity contribution is -0.115. The van der Waals surface area contributed by atoms with E-state index < -0.39 is 15.9 Å². The van der Waals surface area contributed by atoms with Gasteiger partial charge in [-0.15, -0.1) is 0 Å². The van der Waals surface area contributed by atoms with Crippen molar-refractivity contribution in [1.29, 1.82) is 0 Å². The van der Waals surface area contributed by atoms with E-state index in [1.807, 2.05) is 0 Å². The maximum Gasteiger partial charge on any atom is 0.250 e. The number of thiocarbonyl (C=S) groups is 1. The molecule has 9 heteroatoms. The van der Waals surface area contributed by atoms with E-state index in [2.05, 4.69) is 10.6 Å². The average molecular weight is 396 g/mol. The zero-order valence-corrected chi connectivity index (χ0v) is 15.2. The zero-order chi connectivity index (χ0) is 18.4. The van der Waals surface area contributed by atoms with E-state index in [1.54, 1.807) is 30.3 Å². The first-order chi connectivity index (χ1) is 11.7. The van der Waals surface area contributed by atoms with Gasteiger partial charge in [0.25, 0.3) is 0 Å². The molecule has 4 N–H and O–H groups in total. The molecule has 0 atom stereocenters. The second-order valence-corrected chi connectivity index (χ2v) is 7.30. The van der Waals surface area contributed by atoms with Crippen LogP contribution in [0.4, 0.5) is 5.69 Å². The minimum Gasteiger partial charge on any atom is -0.332 e. The van der Waals surface area contributed by atoms with Gasteiger partial charge in [0.2, 0.25) is 15.9 Å². The van der Waals surface area contributed by atoms with E-state index in [4.69, 9.17) is 29.0 Å². The van der Waals surface area contributed by atoms with Crippen LogP contribution >= 0.6 is 23.8 Å². The molecule has 1 amide bonds. The van der Waals surface area contributed by atoms with Crippen molar-refractivity contribution < 1.29 is 13.2 Å². The zero-order valence-electron chi connectivity index (χ0n) is 12.8. The van der Waals surface area contributed by atoms with Gasteiger partial charge in [-0.1, -0.05) is 23.7 Å². The molecular formula is C16H14ClN3O3S2. The number of nitrogens with one attached hydrogen (secondary N) is 2. The van der Waals surface area contributed by atoms with Gasteiger partial charge in [0, 0.05) is 16.8 Å². The summed E-state index contributed by atoms with van der Waals surface area (Å²) in [6.45, 7) is 0. The number of anilines is 1. The summed E-state index contributed by atoms with van der Waals surface area (Å²) in [7, 11) is -3.75. The maximum absolute atomic E-state index is 11.8. The molecule has 0 aliphatic rings. The Morgan fingerprint density at radius 1 is 1.08 bits per heavy atom. The van der Waals surface area contributed by atoms with Crippen LogP contribution in [0, 0.1) is 0 Å². The van der Waals surface area contributed by atoms with Crippen molar-refractivity contribution in [2.24, 2.45) is 5.14 Å². The van der Waals surface area contributed by atoms with Gasteiger partial charge in [0.05, 0.1) is 4.90 Å². The van der Waals surface area contributed by atoms with Crippen molar-refractivity contribution in [2.75, 3.05) is 5.32 Å². The Kier molecular flexibility index (Phi) is 6.27. The van der Waals surface area contributed by atoms with Crippen LogP contribution in [0.15, 0.2) is 59.5 Å². The van der Waals surface area contributed by atoms with Crippen LogP contribution in [-0.4, -0.2) is 19.4 Å². The van der Waals surface area contributed by atoms with E-state index >= 15 is 0 Å². The van der Waals surface area contributed by atoms with Crippen LogP contribution in [0.25, 0.3) is 6.08 Å². The van der Waals surface area contributed by atoms with Crippen LogP contribution < -0.4 is 15.8 Å². The summed E-state index contributed by atoms with van der Waals surface area (Å²) < 4.78 is 22.4. The number of halogens is 1. The highest BCUT2D eigenvalue weighted by molar-refractivity contribution is 7.89. The lowest BCUT2D eigenvalue weighted by Gasteiger charge is -2.08. The number of hydrogen-bond acceptors (Lipinski definition) is 4. The number of primary sulfonamides is 1. The van der Waals surface area contributed by atoms with Gasteiger partial charge >= 0.3 is 0 Å². The third-order valence-corrected chi connectivity index (χ3v) is 4.36. The van der Waals surface area contributed by atoms with Crippen LogP contribution in [0.1, 0.15) is 5.56 Å². The molecule has 0 heterocycles. The molecule has 2 aromatic carbocycles. The molecule has 0 aromatic heterocycles. The van der Waals surface area contributed by atoms with Gasteiger partial charge < -0.3 is 5.32 Å². The number of nitrogens with two attached hydrogens (primary N) is 1. The number of amides is 1. The topological polar surface area (TPSA) is 101 Å². The summed E-state index contributed by atoms with van der Waals surface area (Å²) in [5.74, 6) is -0.409. The molecule has 2 rings (SSSR count). The highest BCUT2D eigenvalue weighted by Crippen LogP contribution is 2.13. The summed E-state index contributed by atoms with van der Waals surface area (Å²) >= 11 is 10.8. The van der Waals surface area contributed by atoms with E-state index in [0.717, 1.165) is 5.56 Å². The monoisotopic (exact) mass is 395 g/mol. The largest absolute Gasteiger partial charge is 0.332 e. The number of benzene rings is 2. The SMILES string of the molecule is NS(=O)(=O)c1ccc(NC(=S)NC(=O)/C=C/c2ccc(Cl)cc2)cc1. The minimum absolute atomic E-state index is 0.0149. The van der Waals surface area contributed by atoms with Crippen molar-refractivity contribution in [1.82, 2.24) is 5.32 Å². The van der Waals surface area contributed by atoms with Crippen LogP contribution in [0.2, 0.25) is 5.02 Å². The Hall–Kier alpha value is -2.26. The predicted molar refractivity (Wildman–Crippen MR) is 103 cm³/mol. The Bertz CT molecular complexity index is 909. The number of carbonyl (C=O) groups is 1. The first-order valence-electron chi connectivity index (χ1n) is 6.92. The van der Waals surface area contributed by atoms with Crippen molar-refractivity contribution in [3.05, 3.63) is 65.2 Å². The van der Waals surface area contributed by atoms with Gasteiger partial charge in [-0.25, -0.2) is 13.6 Å². The van der Waals surface area contributed by atoms with Crippen molar-refractivity contribution in [3.63, 3.8) is 0 Å². The molecule has 2 aromatic rings. The van der Waals surface area contributed by atoms with Crippen LogP contribution in [0.3, 0.4) is 0 Å². The van der Waals surface area contributed by atoms with Crippen molar-refractivity contribution >= 4 is 56.6 Å². The second-order valence-electron chi connectivity index (χ2n) is 4.90. The van der Waals surface area contributed by atoms with Gasteiger partial charge in [-0.05, 0) is 60.3 Å². The van der Waals surface area contributed by atoms with Crippen LogP contribution in [-0.2, 0) is 14.8 Å². The van der Waals surface area contributed by atoms with E-state index in [9.17, 15) is 13.2 Å². The molecule has 0 saturated carbocycles. The molecule has 0 aliphatic carbocycles. The molecule has 0 saturated heterocycles. The Balaban J connectivity index is 1.91. The smallest absolute Gasteiger partial charge is 0.250 e. The van der Waals surface area contributed by atoms with Crippen LogP contribution in [0.5, 0.6) is 0 Å². The molecule has 25 heavy (non-hydrogen) atoms. The number of sulfonamides is 1. The molecule has 0 unspecified atom stereocenters. The molecule has 0 fully saturated rings. The fourth-order valence-electron chi connectivity index (χ4n) is 1.79. The first-order valence-corrected chi connectivity index (χ1v) is 9.26. The molecule has 130 valence electrons. The third-order valence-electron chi connectivity index (χ3n) is 2.97. The minimum atomic E-state index is -3.75. The van der Waals surface area contributed by atoms with E-state index in [-0.39, 0.29) is 10.0 Å². The maximum atomic E-state index is 11.8. The summed E-state index contributed by atoms with van der Waals surface area (Å²) in [5, 5.41) is 11.0. The van der Waals surface area contributed by atoms with Crippen molar-refractivity contribution in [2.45, 2.75) is 4.90 Å². The second kappa shape index (κ2) is 8.21. The number of carbonyl (C=O) groups excluding carboxylic acids is 1. The summed E-state index contributed by atoms with van der Waals surface area (Å²) in [4.78, 5) is 11.8. The molecule has 0 radical (unpaired) electrons. The molecular weight excluding hydrogens is 382 g/mol. The number of rotatable bonds is 4. The fourth-order valence-corrected chi connectivity index (χ4v) is 2.65. The normalized spacial score (nSPS) is 11.3. The van der Waals surface area contributed by atoms with Gasteiger partial charge in [-0.3, -0.25) is 10.1 Å². The standard InChI is InChI=1S/C16H14ClN3O3S2/c17-12-4-1-11(2-5-12)3-10-15(21)20-16(24)19-13-6-8-14(9-7-13)25(18,22)23/h1-10H,(H2,18,22,23)(H2,19,20,21,24)/b10-3+. The van der Waals surface area contributed by atoms with Gasteiger partial charge in [-0.2, -0.15) is 0 Å². The van der Waals surface area contributed by atoms with Crippen molar-refractivity contribution in [3.8, 4) is 0 Å². The molecule has 6 nitrogen and oxygen atoms in total. The lowest BCUT2D eigenvalue weighted by Crippen LogP contribution is -2.32. The quantitative estimate of drug-likeness (QED) is 0.545. The Morgan fingerprint density at radius 2 is 1.68 bits per heavy atom. The Labute approximate surface area is 155 Å². The highest BCUT2D eigenvalue weighted by atomic mass is 35.5. The van der Waals surface area contributed by atoms with E-state index in [0.29, 0.717) is 10.7 Å². The molecule has 0 spiro atoms. The summed E-state index contributed by atoms with van der Waals surface area (Å²) in [6.07, 6.45) is 2.95.